The highest BCUT2D eigenvalue weighted by molar-refractivity contribution is 9.10. The van der Waals surface area contributed by atoms with Crippen molar-refractivity contribution in [2.45, 2.75) is 38.8 Å². The lowest BCUT2D eigenvalue weighted by Crippen LogP contribution is -2.31. The number of aromatic nitrogens is 2. The highest BCUT2D eigenvalue weighted by atomic mass is 79.9. The monoisotopic (exact) mass is 347 g/mol. The Labute approximate surface area is 134 Å². The summed E-state index contributed by atoms with van der Waals surface area (Å²) in [4.78, 5) is 0. The molecule has 0 fully saturated rings. The molecule has 1 heterocycles. The van der Waals surface area contributed by atoms with Crippen LogP contribution in [0, 0.1) is 5.92 Å². The molecule has 1 aromatic carbocycles. The summed E-state index contributed by atoms with van der Waals surface area (Å²) in [5, 5.41) is 8.00. The molecule has 0 bridgehead atoms. The number of aryl methyl sites for hydroxylation is 2. The SMILES string of the molecule is CCn1ncc(Br)c1C(NC)C1CCc2ccccc2C1. The zero-order valence-electron chi connectivity index (χ0n) is 12.6. The van der Waals surface area contributed by atoms with Gasteiger partial charge in [0.25, 0.3) is 0 Å². The van der Waals surface area contributed by atoms with Crippen molar-refractivity contribution in [3.8, 4) is 0 Å². The summed E-state index contributed by atoms with van der Waals surface area (Å²) in [6.45, 7) is 3.05. The first-order chi connectivity index (χ1) is 10.2. The third kappa shape index (κ3) is 2.79. The van der Waals surface area contributed by atoms with E-state index in [0.29, 0.717) is 12.0 Å². The normalized spacial score (nSPS) is 19.3. The van der Waals surface area contributed by atoms with Gasteiger partial charge in [-0.2, -0.15) is 5.10 Å². The van der Waals surface area contributed by atoms with Crippen molar-refractivity contribution < 1.29 is 0 Å². The topological polar surface area (TPSA) is 29.9 Å². The number of nitrogens with one attached hydrogen (secondary N) is 1. The Kier molecular flexibility index (Phi) is 4.45. The van der Waals surface area contributed by atoms with Crippen LogP contribution in [0.3, 0.4) is 0 Å². The lowest BCUT2D eigenvalue weighted by molar-refractivity contribution is 0.324. The minimum absolute atomic E-state index is 0.343. The summed E-state index contributed by atoms with van der Waals surface area (Å²) in [7, 11) is 2.06. The van der Waals surface area contributed by atoms with Gasteiger partial charge in [-0.1, -0.05) is 24.3 Å². The van der Waals surface area contributed by atoms with Gasteiger partial charge >= 0.3 is 0 Å². The van der Waals surface area contributed by atoms with Gasteiger partial charge in [-0.25, -0.2) is 0 Å². The third-order valence-electron chi connectivity index (χ3n) is 4.59. The van der Waals surface area contributed by atoms with Crippen LogP contribution in [0.25, 0.3) is 0 Å². The summed E-state index contributed by atoms with van der Waals surface area (Å²) in [6.07, 6.45) is 5.46. The number of fused-ring (bicyclic) bond motifs is 1. The van der Waals surface area contributed by atoms with Crippen molar-refractivity contribution in [3.63, 3.8) is 0 Å². The van der Waals surface area contributed by atoms with Crippen molar-refractivity contribution in [3.05, 3.63) is 51.8 Å². The Morgan fingerprint density at radius 2 is 2.14 bits per heavy atom. The molecule has 0 saturated heterocycles. The van der Waals surface area contributed by atoms with Crippen LogP contribution in [0.5, 0.6) is 0 Å². The van der Waals surface area contributed by atoms with Crippen LogP contribution in [0.1, 0.15) is 36.2 Å². The molecular formula is C17H22BrN3. The lowest BCUT2D eigenvalue weighted by atomic mass is 9.79. The Hall–Kier alpha value is -1.13. The van der Waals surface area contributed by atoms with E-state index >= 15 is 0 Å². The van der Waals surface area contributed by atoms with Gasteiger partial charge in [0.2, 0.25) is 0 Å². The van der Waals surface area contributed by atoms with E-state index in [4.69, 9.17) is 0 Å². The van der Waals surface area contributed by atoms with Crippen LogP contribution in [-0.2, 0) is 19.4 Å². The fourth-order valence-corrected chi connectivity index (χ4v) is 4.08. The predicted octanol–water partition coefficient (Wildman–Crippen LogP) is 3.73. The molecule has 21 heavy (non-hydrogen) atoms. The van der Waals surface area contributed by atoms with Crippen LogP contribution in [0.15, 0.2) is 34.9 Å². The van der Waals surface area contributed by atoms with Gasteiger partial charge < -0.3 is 5.32 Å². The van der Waals surface area contributed by atoms with E-state index in [-0.39, 0.29) is 0 Å². The van der Waals surface area contributed by atoms with Crippen LogP contribution < -0.4 is 5.32 Å². The molecule has 1 aliphatic carbocycles. The molecule has 3 rings (SSSR count). The van der Waals surface area contributed by atoms with Crippen LogP contribution in [0.4, 0.5) is 0 Å². The maximum Gasteiger partial charge on any atom is 0.0698 e. The molecule has 1 aromatic heterocycles. The summed E-state index contributed by atoms with van der Waals surface area (Å²) in [5.74, 6) is 0.614. The molecule has 0 spiro atoms. The van der Waals surface area contributed by atoms with Gasteiger partial charge in [-0.3, -0.25) is 4.68 Å². The second-order valence-electron chi connectivity index (χ2n) is 5.73. The maximum atomic E-state index is 4.47. The van der Waals surface area contributed by atoms with Crippen LogP contribution in [0.2, 0.25) is 0 Å². The molecule has 2 unspecified atom stereocenters. The van der Waals surface area contributed by atoms with Gasteiger partial charge in [0.15, 0.2) is 0 Å². The number of rotatable bonds is 4. The Morgan fingerprint density at radius 3 is 2.86 bits per heavy atom. The van der Waals surface area contributed by atoms with Gasteiger partial charge in [-0.15, -0.1) is 0 Å². The standard InChI is InChI=1S/C17H22BrN3/c1-3-21-17(15(18)11-20-21)16(19-2)14-9-8-12-6-4-5-7-13(12)10-14/h4-7,11,14,16,19H,3,8-10H2,1-2H3. The Balaban J connectivity index is 1.90. The molecule has 0 amide bonds. The molecule has 2 atom stereocenters. The molecular weight excluding hydrogens is 326 g/mol. The largest absolute Gasteiger partial charge is 0.311 e. The van der Waals surface area contributed by atoms with Gasteiger partial charge in [-0.05, 0) is 66.2 Å². The number of hydrogen-bond donors (Lipinski definition) is 1. The fraction of sp³-hybridized carbons (Fsp3) is 0.471. The highest BCUT2D eigenvalue weighted by Crippen LogP contribution is 2.36. The van der Waals surface area contributed by atoms with E-state index in [1.54, 1.807) is 0 Å². The average molecular weight is 348 g/mol. The first-order valence-corrected chi connectivity index (χ1v) is 8.49. The molecule has 1 N–H and O–H groups in total. The predicted molar refractivity (Wildman–Crippen MR) is 89.4 cm³/mol. The lowest BCUT2D eigenvalue weighted by Gasteiger charge is -2.32. The minimum atomic E-state index is 0.343. The van der Waals surface area contributed by atoms with Crippen LogP contribution >= 0.6 is 15.9 Å². The van der Waals surface area contributed by atoms with Crippen molar-refractivity contribution in [2.24, 2.45) is 5.92 Å². The second kappa shape index (κ2) is 6.32. The fourth-order valence-electron chi connectivity index (χ4n) is 3.54. The molecule has 1 aliphatic rings. The first-order valence-electron chi connectivity index (χ1n) is 7.69. The summed E-state index contributed by atoms with van der Waals surface area (Å²) >= 11 is 3.67. The quantitative estimate of drug-likeness (QED) is 0.912. The average Bonchev–Trinajstić information content (AvgIpc) is 2.89. The van der Waals surface area contributed by atoms with Crippen molar-refractivity contribution in [1.29, 1.82) is 0 Å². The minimum Gasteiger partial charge on any atom is -0.311 e. The first kappa shape index (κ1) is 14.8. The number of benzene rings is 1. The molecule has 4 heteroatoms. The van der Waals surface area contributed by atoms with E-state index < -0.39 is 0 Å². The Bertz CT molecular complexity index is 620. The highest BCUT2D eigenvalue weighted by Gasteiger charge is 2.29. The molecule has 0 saturated carbocycles. The summed E-state index contributed by atoms with van der Waals surface area (Å²) in [6, 6.07) is 9.20. The molecule has 3 nitrogen and oxygen atoms in total. The van der Waals surface area contributed by atoms with Gasteiger partial charge in [0.05, 0.1) is 22.4 Å². The van der Waals surface area contributed by atoms with Gasteiger partial charge in [0, 0.05) is 6.54 Å². The second-order valence-corrected chi connectivity index (χ2v) is 6.59. The molecule has 2 aromatic rings. The zero-order chi connectivity index (χ0) is 14.8. The van der Waals surface area contributed by atoms with E-state index in [0.717, 1.165) is 17.4 Å². The summed E-state index contributed by atoms with van der Waals surface area (Å²) in [5.41, 5.74) is 4.31. The van der Waals surface area contributed by atoms with E-state index in [2.05, 4.69) is 69.3 Å². The number of halogens is 1. The summed E-state index contributed by atoms with van der Waals surface area (Å²) < 4.78 is 3.22. The van der Waals surface area contributed by atoms with Crippen molar-refractivity contribution in [1.82, 2.24) is 15.1 Å². The maximum absolute atomic E-state index is 4.47. The van der Waals surface area contributed by atoms with Crippen LogP contribution in [-0.4, -0.2) is 16.8 Å². The van der Waals surface area contributed by atoms with Gasteiger partial charge in [0.1, 0.15) is 0 Å². The number of hydrogen-bond acceptors (Lipinski definition) is 2. The molecule has 0 radical (unpaired) electrons. The smallest absolute Gasteiger partial charge is 0.0698 e. The Morgan fingerprint density at radius 1 is 1.38 bits per heavy atom. The number of nitrogens with zero attached hydrogens (tertiary/aromatic N) is 2. The van der Waals surface area contributed by atoms with Crippen molar-refractivity contribution >= 4 is 15.9 Å². The third-order valence-corrected chi connectivity index (χ3v) is 5.21. The zero-order valence-corrected chi connectivity index (χ0v) is 14.2. The van der Waals surface area contributed by atoms with Crippen molar-refractivity contribution in [2.75, 3.05) is 7.05 Å². The molecule has 112 valence electrons. The van der Waals surface area contributed by atoms with E-state index in [1.807, 2.05) is 6.20 Å². The van der Waals surface area contributed by atoms with E-state index in [9.17, 15) is 0 Å². The van der Waals surface area contributed by atoms with E-state index in [1.165, 1.54) is 29.7 Å². The molecule has 0 aliphatic heterocycles.